The molecule has 4 aromatic rings. The average molecular weight is 354 g/mol. The zero-order chi connectivity index (χ0) is 18.6. The minimum absolute atomic E-state index is 0.243. The summed E-state index contributed by atoms with van der Waals surface area (Å²) in [5.41, 5.74) is 5.31. The van der Waals surface area contributed by atoms with Crippen LogP contribution in [0.4, 0.5) is 11.4 Å². The normalized spacial score (nSPS) is 11.1. The van der Waals surface area contributed by atoms with E-state index in [0.717, 1.165) is 27.9 Å². The number of nitrogens with zero attached hydrogens (tertiary/aromatic N) is 2. The van der Waals surface area contributed by atoms with Crippen LogP contribution in [0.25, 0.3) is 22.5 Å². The van der Waals surface area contributed by atoms with E-state index in [1.807, 2.05) is 73.7 Å². The van der Waals surface area contributed by atoms with E-state index in [9.17, 15) is 5.11 Å². The maximum absolute atomic E-state index is 10.0. The third-order valence-corrected chi connectivity index (χ3v) is 4.28. The number of hydrogen-bond donors (Lipinski definition) is 1. The van der Waals surface area contributed by atoms with Crippen molar-refractivity contribution in [2.45, 2.75) is 6.92 Å². The second-order valence-corrected chi connectivity index (χ2v) is 6.28. The first-order valence-electron chi connectivity index (χ1n) is 8.66. The van der Waals surface area contributed by atoms with Crippen LogP contribution in [-0.4, -0.2) is 5.11 Å². The molecule has 0 spiro atoms. The van der Waals surface area contributed by atoms with E-state index >= 15 is 0 Å². The smallest absolute Gasteiger partial charge is 0.311 e. The number of benzene rings is 3. The summed E-state index contributed by atoms with van der Waals surface area (Å²) >= 11 is 0. The Morgan fingerprint density at radius 2 is 1.33 bits per heavy atom. The minimum Gasteiger partial charge on any atom is -0.479 e. The van der Waals surface area contributed by atoms with E-state index in [0.29, 0.717) is 11.4 Å². The van der Waals surface area contributed by atoms with Gasteiger partial charge in [-0.25, -0.2) is 0 Å². The Hall–Kier alpha value is -3.66. The lowest BCUT2D eigenvalue weighted by Gasteiger charge is -2.02. The predicted molar refractivity (Wildman–Crippen MR) is 107 cm³/mol. The fraction of sp³-hybridized carbons (Fsp3) is 0.0435. The molecule has 4 heteroatoms. The molecule has 0 bridgehead atoms. The highest BCUT2D eigenvalue weighted by molar-refractivity contribution is 5.70. The number of aryl methyl sites for hydroxylation is 1. The van der Waals surface area contributed by atoms with Crippen molar-refractivity contribution in [3.8, 4) is 28.4 Å². The molecular weight excluding hydrogens is 336 g/mol. The summed E-state index contributed by atoms with van der Waals surface area (Å²) in [5, 5.41) is 18.3. The van der Waals surface area contributed by atoms with Crippen LogP contribution in [0.15, 0.2) is 99.6 Å². The second-order valence-electron chi connectivity index (χ2n) is 6.28. The van der Waals surface area contributed by atoms with E-state index in [1.165, 1.54) is 0 Å². The Balaban J connectivity index is 1.56. The highest BCUT2D eigenvalue weighted by Gasteiger charge is 2.11. The van der Waals surface area contributed by atoms with Crippen molar-refractivity contribution in [2.24, 2.45) is 10.2 Å². The molecule has 0 aliphatic rings. The van der Waals surface area contributed by atoms with Gasteiger partial charge >= 0.3 is 5.95 Å². The molecule has 0 saturated carbocycles. The molecule has 27 heavy (non-hydrogen) atoms. The van der Waals surface area contributed by atoms with Gasteiger partial charge in [0.05, 0.1) is 5.69 Å². The van der Waals surface area contributed by atoms with Gasteiger partial charge in [0.25, 0.3) is 0 Å². The Bertz CT molecular complexity index is 1060. The first-order chi connectivity index (χ1) is 13.2. The second kappa shape index (κ2) is 7.30. The van der Waals surface area contributed by atoms with E-state index < -0.39 is 0 Å². The molecule has 0 fully saturated rings. The monoisotopic (exact) mass is 354 g/mol. The van der Waals surface area contributed by atoms with Crippen LogP contribution < -0.4 is 0 Å². The molecule has 0 saturated heterocycles. The van der Waals surface area contributed by atoms with Crippen molar-refractivity contribution in [1.29, 1.82) is 0 Å². The number of furan rings is 1. The topological polar surface area (TPSA) is 58.1 Å². The third-order valence-electron chi connectivity index (χ3n) is 4.28. The fourth-order valence-electron chi connectivity index (χ4n) is 2.77. The minimum atomic E-state index is -0.243. The van der Waals surface area contributed by atoms with Crippen LogP contribution in [0.2, 0.25) is 0 Å². The first-order valence-corrected chi connectivity index (χ1v) is 8.66. The summed E-state index contributed by atoms with van der Waals surface area (Å²) < 4.78 is 5.46. The lowest BCUT2D eigenvalue weighted by atomic mass is 10.0. The van der Waals surface area contributed by atoms with Gasteiger partial charge in [-0.1, -0.05) is 72.3 Å². The molecular formula is C23H18N2O2. The van der Waals surface area contributed by atoms with Gasteiger partial charge in [0.1, 0.15) is 5.76 Å². The van der Waals surface area contributed by atoms with Crippen molar-refractivity contribution in [1.82, 2.24) is 0 Å². The average Bonchev–Trinajstić information content (AvgIpc) is 3.09. The number of azo groups is 1. The van der Waals surface area contributed by atoms with Crippen molar-refractivity contribution in [3.63, 3.8) is 0 Å². The summed E-state index contributed by atoms with van der Waals surface area (Å²) in [5.74, 6) is 0.304. The summed E-state index contributed by atoms with van der Waals surface area (Å²) in [6.45, 7) is 2.01. The molecule has 0 aliphatic heterocycles. The van der Waals surface area contributed by atoms with Crippen molar-refractivity contribution < 1.29 is 9.52 Å². The summed E-state index contributed by atoms with van der Waals surface area (Å²) in [7, 11) is 0. The molecule has 4 nitrogen and oxygen atoms in total. The molecule has 0 aliphatic carbocycles. The molecule has 132 valence electrons. The Labute approximate surface area is 157 Å². The number of aromatic hydroxyl groups is 1. The van der Waals surface area contributed by atoms with E-state index in [1.54, 1.807) is 6.07 Å². The van der Waals surface area contributed by atoms with Crippen LogP contribution in [-0.2, 0) is 0 Å². The SMILES string of the molecule is Cc1ccc(N=Nc2cc(-c3ccc(-c4ccccc4)cc3)oc2O)cc1. The maximum Gasteiger partial charge on any atom is 0.311 e. The zero-order valence-electron chi connectivity index (χ0n) is 14.8. The van der Waals surface area contributed by atoms with Crippen molar-refractivity contribution in [2.75, 3.05) is 0 Å². The quantitative estimate of drug-likeness (QED) is 0.399. The molecule has 0 radical (unpaired) electrons. The van der Waals surface area contributed by atoms with Crippen LogP contribution in [0.1, 0.15) is 5.56 Å². The van der Waals surface area contributed by atoms with Gasteiger partial charge < -0.3 is 9.52 Å². The molecule has 0 amide bonds. The van der Waals surface area contributed by atoms with Crippen LogP contribution >= 0.6 is 0 Å². The predicted octanol–water partition coefficient (Wildman–Crippen LogP) is 7.04. The van der Waals surface area contributed by atoms with Crippen molar-refractivity contribution in [3.05, 3.63) is 90.5 Å². The summed E-state index contributed by atoms with van der Waals surface area (Å²) in [6.07, 6.45) is 0. The van der Waals surface area contributed by atoms with E-state index in [4.69, 9.17) is 4.42 Å². The molecule has 0 unspecified atom stereocenters. The van der Waals surface area contributed by atoms with Gasteiger partial charge in [-0.3, -0.25) is 0 Å². The molecule has 3 aromatic carbocycles. The highest BCUT2D eigenvalue weighted by atomic mass is 16.5. The summed E-state index contributed by atoms with van der Waals surface area (Å²) in [6, 6.07) is 27.5. The van der Waals surface area contributed by atoms with Crippen molar-refractivity contribution >= 4 is 11.4 Å². The fourth-order valence-corrected chi connectivity index (χ4v) is 2.77. The summed E-state index contributed by atoms with van der Waals surface area (Å²) in [4.78, 5) is 0. The number of rotatable bonds is 4. The maximum atomic E-state index is 10.0. The molecule has 1 aromatic heterocycles. The first kappa shape index (κ1) is 16.8. The van der Waals surface area contributed by atoms with Gasteiger partial charge in [-0.05, 0) is 30.2 Å². The van der Waals surface area contributed by atoms with Gasteiger partial charge in [0, 0.05) is 11.6 Å². The van der Waals surface area contributed by atoms with Crippen LogP contribution in [0.3, 0.4) is 0 Å². The van der Waals surface area contributed by atoms with Gasteiger partial charge in [0.15, 0.2) is 5.69 Å². The van der Waals surface area contributed by atoms with E-state index in [-0.39, 0.29) is 5.95 Å². The largest absolute Gasteiger partial charge is 0.479 e. The van der Waals surface area contributed by atoms with Gasteiger partial charge in [-0.2, -0.15) is 5.11 Å². The standard InChI is InChI=1S/C23H18N2O2/c1-16-7-13-20(14-8-16)24-25-21-15-22(27-23(21)26)19-11-9-18(10-12-19)17-5-3-2-4-6-17/h2-15,26H,1H3. The molecule has 0 atom stereocenters. The Kier molecular flexibility index (Phi) is 4.54. The third kappa shape index (κ3) is 3.80. The Morgan fingerprint density at radius 1 is 0.704 bits per heavy atom. The van der Waals surface area contributed by atoms with Crippen LogP contribution in [0, 0.1) is 6.92 Å². The lowest BCUT2D eigenvalue weighted by Crippen LogP contribution is -1.78. The van der Waals surface area contributed by atoms with Crippen LogP contribution in [0.5, 0.6) is 5.95 Å². The molecule has 1 heterocycles. The van der Waals surface area contributed by atoms with E-state index in [2.05, 4.69) is 22.4 Å². The molecule has 1 N–H and O–H groups in total. The molecule has 4 rings (SSSR count). The number of hydrogen-bond acceptors (Lipinski definition) is 4. The lowest BCUT2D eigenvalue weighted by molar-refractivity contribution is 0.339. The zero-order valence-corrected chi connectivity index (χ0v) is 14.8. The Morgan fingerprint density at radius 3 is 2.04 bits per heavy atom. The van der Waals surface area contributed by atoms with Gasteiger partial charge in [-0.15, -0.1) is 5.11 Å². The van der Waals surface area contributed by atoms with Gasteiger partial charge in [0.2, 0.25) is 0 Å². The highest BCUT2D eigenvalue weighted by Crippen LogP contribution is 2.37.